The third-order valence-corrected chi connectivity index (χ3v) is 5.97. The zero-order valence-electron chi connectivity index (χ0n) is 16.9. The molecule has 1 aromatic carbocycles. The summed E-state index contributed by atoms with van der Waals surface area (Å²) in [5.74, 6) is 1.02. The van der Waals surface area contributed by atoms with Crippen LogP contribution in [-0.4, -0.2) is 48.8 Å². The van der Waals surface area contributed by atoms with Crippen LogP contribution in [0.2, 0.25) is 0 Å². The van der Waals surface area contributed by atoms with Crippen molar-refractivity contribution in [2.24, 2.45) is 5.92 Å². The standard InChI is InChI=1S/C22H33N3O2/c1-22(2,3)27-21(26)25(14-15-6-9-23-10-7-15)20-13-18(20)16-4-5-19-17(12-16)8-11-24-19/h4-5,12,15,18,20,23-24H,6-11,13-14H2,1-3H3. The summed E-state index contributed by atoms with van der Waals surface area (Å²) in [4.78, 5) is 15.0. The van der Waals surface area contributed by atoms with Crippen LogP contribution in [-0.2, 0) is 11.2 Å². The molecular formula is C22H33N3O2. The highest BCUT2D eigenvalue weighted by Crippen LogP contribution is 2.46. The first-order chi connectivity index (χ1) is 12.9. The van der Waals surface area contributed by atoms with Crippen LogP contribution in [0.1, 0.15) is 57.1 Å². The summed E-state index contributed by atoms with van der Waals surface area (Å²) >= 11 is 0. The van der Waals surface area contributed by atoms with Crippen molar-refractivity contribution >= 4 is 11.8 Å². The van der Waals surface area contributed by atoms with Gasteiger partial charge in [0.2, 0.25) is 0 Å². The molecule has 27 heavy (non-hydrogen) atoms. The summed E-state index contributed by atoms with van der Waals surface area (Å²) in [5, 5.41) is 6.85. The highest BCUT2D eigenvalue weighted by atomic mass is 16.6. The molecule has 1 saturated heterocycles. The minimum Gasteiger partial charge on any atom is -0.444 e. The van der Waals surface area contributed by atoms with Crippen LogP contribution >= 0.6 is 0 Å². The number of amides is 1. The zero-order chi connectivity index (χ0) is 19.0. The van der Waals surface area contributed by atoms with E-state index in [0.29, 0.717) is 11.8 Å². The molecule has 1 saturated carbocycles. The summed E-state index contributed by atoms with van der Waals surface area (Å²) < 4.78 is 5.76. The van der Waals surface area contributed by atoms with E-state index in [4.69, 9.17) is 4.74 Å². The molecule has 0 radical (unpaired) electrons. The minimum absolute atomic E-state index is 0.142. The lowest BCUT2D eigenvalue weighted by Crippen LogP contribution is -2.43. The van der Waals surface area contributed by atoms with Crippen molar-refractivity contribution in [1.29, 1.82) is 0 Å². The van der Waals surface area contributed by atoms with E-state index in [2.05, 4.69) is 28.8 Å². The summed E-state index contributed by atoms with van der Waals surface area (Å²) in [6, 6.07) is 7.07. The number of fused-ring (bicyclic) bond motifs is 1. The lowest BCUT2D eigenvalue weighted by atomic mass is 9.97. The van der Waals surface area contributed by atoms with E-state index in [-0.39, 0.29) is 12.1 Å². The molecule has 0 bridgehead atoms. The second-order valence-corrected chi connectivity index (χ2v) is 9.33. The van der Waals surface area contributed by atoms with Crippen LogP contribution < -0.4 is 10.6 Å². The number of rotatable bonds is 4. The molecule has 148 valence electrons. The van der Waals surface area contributed by atoms with Gasteiger partial charge in [-0.2, -0.15) is 0 Å². The maximum atomic E-state index is 13.0. The van der Waals surface area contributed by atoms with Gasteiger partial charge in [0.05, 0.1) is 0 Å². The first kappa shape index (κ1) is 18.6. The smallest absolute Gasteiger partial charge is 0.410 e. The van der Waals surface area contributed by atoms with Crippen LogP contribution in [0.4, 0.5) is 10.5 Å². The average Bonchev–Trinajstić information content (AvgIpc) is 3.27. The molecule has 2 fully saturated rings. The first-order valence-electron chi connectivity index (χ1n) is 10.5. The predicted octanol–water partition coefficient (Wildman–Crippen LogP) is 3.75. The quantitative estimate of drug-likeness (QED) is 0.846. The molecule has 0 spiro atoms. The van der Waals surface area contributed by atoms with Gasteiger partial charge in [0.25, 0.3) is 0 Å². The molecule has 5 nitrogen and oxygen atoms in total. The maximum Gasteiger partial charge on any atom is 0.410 e. The van der Waals surface area contributed by atoms with Crippen molar-refractivity contribution < 1.29 is 9.53 Å². The molecule has 1 aliphatic carbocycles. The maximum absolute atomic E-state index is 13.0. The predicted molar refractivity (Wildman–Crippen MR) is 108 cm³/mol. The Kier molecular flexibility index (Phi) is 5.06. The highest BCUT2D eigenvalue weighted by Gasteiger charge is 2.46. The third kappa shape index (κ3) is 4.40. The lowest BCUT2D eigenvalue weighted by Gasteiger charge is -2.32. The molecule has 2 aliphatic heterocycles. The molecule has 0 aromatic heterocycles. The number of carbonyl (C=O) groups excluding carboxylic acids is 1. The number of nitrogens with zero attached hydrogens (tertiary/aromatic N) is 1. The molecule has 2 N–H and O–H groups in total. The van der Waals surface area contributed by atoms with Crippen molar-refractivity contribution in [3.8, 4) is 0 Å². The molecule has 1 amide bonds. The fourth-order valence-electron chi connectivity index (χ4n) is 4.45. The van der Waals surface area contributed by atoms with E-state index in [1.165, 1.54) is 16.8 Å². The Labute approximate surface area is 162 Å². The van der Waals surface area contributed by atoms with Crippen molar-refractivity contribution in [1.82, 2.24) is 10.2 Å². The summed E-state index contributed by atoms with van der Waals surface area (Å²) in [7, 11) is 0. The van der Waals surface area contributed by atoms with E-state index >= 15 is 0 Å². The normalized spacial score (nSPS) is 24.9. The van der Waals surface area contributed by atoms with Crippen LogP contribution in [0.25, 0.3) is 0 Å². The SMILES string of the molecule is CC(C)(C)OC(=O)N(CC1CCNCC1)C1CC1c1ccc2c(c1)CCN2. The van der Waals surface area contributed by atoms with Gasteiger partial charge < -0.3 is 20.3 Å². The molecule has 5 heteroatoms. The molecular weight excluding hydrogens is 338 g/mol. The second-order valence-electron chi connectivity index (χ2n) is 9.33. The molecule has 3 aliphatic rings. The van der Waals surface area contributed by atoms with E-state index in [1.54, 1.807) is 0 Å². The van der Waals surface area contributed by atoms with Gasteiger partial charge >= 0.3 is 6.09 Å². The minimum atomic E-state index is -0.451. The Morgan fingerprint density at radius 1 is 1.22 bits per heavy atom. The summed E-state index contributed by atoms with van der Waals surface area (Å²) in [6.07, 6.45) is 4.29. The Morgan fingerprint density at radius 3 is 2.74 bits per heavy atom. The molecule has 2 heterocycles. The number of hydrogen-bond acceptors (Lipinski definition) is 4. The van der Waals surface area contributed by atoms with Gasteiger partial charge in [-0.15, -0.1) is 0 Å². The van der Waals surface area contributed by atoms with Gasteiger partial charge in [0, 0.05) is 30.7 Å². The number of hydrogen-bond donors (Lipinski definition) is 2. The number of anilines is 1. The van der Waals surface area contributed by atoms with Crippen LogP contribution in [0.5, 0.6) is 0 Å². The Hall–Kier alpha value is -1.75. The van der Waals surface area contributed by atoms with Gasteiger partial charge in [-0.05, 0) is 82.7 Å². The molecule has 2 atom stereocenters. The fraction of sp³-hybridized carbons (Fsp3) is 0.682. The molecule has 1 aromatic rings. The lowest BCUT2D eigenvalue weighted by molar-refractivity contribution is 0.0188. The van der Waals surface area contributed by atoms with Crippen LogP contribution in [0.3, 0.4) is 0 Å². The van der Waals surface area contributed by atoms with Gasteiger partial charge in [-0.3, -0.25) is 0 Å². The number of piperidine rings is 1. The van der Waals surface area contributed by atoms with Crippen LogP contribution in [0.15, 0.2) is 18.2 Å². The fourth-order valence-corrected chi connectivity index (χ4v) is 4.45. The summed E-state index contributed by atoms with van der Waals surface area (Å²) in [5.41, 5.74) is 3.61. The van der Waals surface area contributed by atoms with Crippen molar-refractivity contribution in [2.45, 2.75) is 64.0 Å². The van der Waals surface area contributed by atoms with Crippen molar-refractivity contribution in [3.63, 3.8) is 0 Å². The summed E-state index contributed by atoms with van der Waals surface area (Å²) in [6.45, 7) is 9.82. The van der Waals surface area contributed by atoms with Gasteiger partial charge in [-0.1, -0.05) is 12.1 Å². The van der Waals surface area contributed by atoms with E-state index in [0.717, 1.165) is 51.9 Å². The molecule has 4 rings (SSSR count). The third-order valence-electron chi connectivity index (χ3n) is 5.97. The Morgan fingerprint density at radius 2 is 2.00 bits per heavy atom. The van der Waals surface area contributed by atoms with Gasteiger partial charge in [0.15, 0.2) is 0 Å². The second kappa shape index (κ2) is 7.34. The van der Waals surface area contributed by atoms with E-state index in [1.807, 2.05) is 25.7 Å². The van der Waals surface area contributed by atoms with Crippen LogP contribution in [0, 0.1) is 5.92 Å². The van der Waals surface area contributed by atoms with E-state index in [9.17, 15) is 4.79 Å². The van der Waals surface area contributed by atoms with Gasteiger partial charge in [-0.25, -0.2) is 4.79 Å². The number of ether oxygens (including phenoxy) is 1. The first-order valence-corrected chi connectivity index (χ1v) is 10.5. The van der Waals surface area contributed by atoms with E-state index < -0.39 is 5.60 Å². The zero-order valence-corrected chi connectivity index (χ0v) is 16.9. The number of carbonyl (C=O) groups is 1. The Balaban J connectivity index is 1.47. The monoisotopic (exact) mass is 371 g/mol. The Bertz CT molecular complexity index is 691. The highest BCUT2D eigenvalue weighted by molar-refractivity contribution is 5.69. The van der Waals surface area contributed by atoms with Crippen molar-refractivity contribution in [2.75, 3.05) is 31.5 Å². The topological polar surface area (TPSA) is 53.6 Å². The van der Waals surface area contributed by atoms with Gasteiger partial charge in [0.1, 0.15) is 5.60 Å². The molecule has 2 unspecified atom stereocenters. The largest absolute Gasteiger partial charge is 0.444 e. The number of nitrogens with one attached hydrogen (secondary N) is 2. The number of benzene rings is 1. The van der Waals surface area contributed by atoms with Crippen molar-refractivity contribution in [3.05, 3.63) is 29.3 Å². The average molecular weight is 372 g/mol.